The number of nitrogens with zero attached hydrogens (tertiary/aromatic N) is 1. The van der Waals surface area contributed by atoms with Crippen molar-refractivity contribution < 1.29 is 13.2 Å². The van der Waals surface area contributed by atoms with E-state index in [9.17, 15) is 13.2 Å². The van der Waals surface area contributed by atoms with E-state index in [0.29, 0.717) is 18.7 Å². The van der Waals surface area contributed by atoms with E-state index in [2.05, 4.69) is 11.4 Å². The van der Waals surface area contributed by atoms with Crippen LogP contribution >= 0.6 is 11.3 Å². The van der Waals surface area contributed by atoms with Gasteiger partial charge in [0.2, 0.25) is 10.0 Å². The number of thiophene rings is 1. The molecule has 0 spiro atoms. The van der Waals surface area contributed by atoms with Crippen molar-refractivity contribution in [3.05, 3.63) is 52.2 Å². The zero-order chi connectivity index (χ0) is 18.3. The number of Topliss-reactive ketones (excluding diaryl/α,β-unsaturated/α-hetero) is 1. The summed E-state index contributed by atoms with van der Waals surface area (Å²) in [6, 6.07) is 10.3. The van der Waals surface area contributed by atoms with E-state index in [0.717, 1.165) is 13.0 Å². The van der Waals surface area contributed by atoms with Crippen LogP contribution in [0.4, 0.5) is 0 Å². The van der Waals surface area contributed by atoms with Crippen molar-refractivity contribution in [1.82, 2.24) is 9.62 Å². The zero-order valence-corrected chi connectivity index (χ0v) is 16.2. The van der Waals surface area contributed by atoms with E-state index in [4.69, 9.17) is 0 Å². The van der Waals surface area contributed by atoms with Crippen LogP contribution in [0, 0.1) is 0 Å². The number of hydrogen-bond donors (Lipinski definition) is 1. The normalized spacial score (nSPS) is 11.8. The van der Waals surface area contributed by atoms with Gasteiger partial charge < -0.3 is 5.32 Å². The summed E-state index contributed by atoms with van der Waals surface area (Å²) in [6.07, 6.45) is 0.895. The molecule has 0 unspecified atom stereocenters. The van der Waals surface area contributed by atoms with Gasteiger partial charge in [-0.15, -0.1) is 11.3 Å². The van der Waals surface area contributed by atoms with Crippen molar-refractivity contribution in [2.75, 3.05) is 26.2 Å². The van der Waals surface area contributed by atoms with E-state index in [1.54, 1.807) is 37.3 Å². The first-order valence-electron chi connectivity index (χ1n) is 8.35. The number of benzene rings is 1. The number of nitrogens with one attached hydrogen (secondary N) is 1. The highest BCUT2D eigenvalue weighted by Crippen LogP contribution is 2.16. The molecule has 2 aromatic rings. The Morgan fingerprint density at radius 3 is 2.36 bits per heavy atom. The molecule has 7 heteroatoms. The van der Waals surface area contributed by atoms with Gasteiger partial charge in [-0.1, -0.05) is 32.0 Å². The standard InChI is InChI=1S/C18H24N2O3S2/c1-3-20(4-2)25(22,23)17-9-7-15(8-10-17)18(21)14-19-12-11-16-6-5-13-24-16/h5-10,13,19H,3-4,11-12,14H2,1-2H3. The van der Waals surface area contributed by atoms with Crippen molar-refractivity contribution in [1.29, 1.82) is 0 Å². The second-order valence-corrected chi connectivity index (χ2v) is 8.51. The molecule has 0 atom stereocenters. The van der Waals surface area contributed by atoms with Crippen LogP contribution < -0.4 is 5.32 Å². The van der Waals surface area contributed by atoms with Gasteiger partial charge in [0.1, 0.15) is 0 Å². The number of rotatable bonds is 10. The predicted octanol–water partition coefficient (Wildman–Crippen LogP) is 2.79. The average molecular weight is 381 g/mol. The molecule has 136 valence electrons. The Labute approximate surface area is 153 Å². The summed E-state index contributed by atoms with van der Waals surface area (Å²) in [5.74, 6) is -0.0435. The minimum absolute atomic E-state index is 0.0435. The zero-order valence-electron chi connectivity index (χ0n) is 14.6. The Hall–Kier alpha value is -1.54. The number of ketones is 1. The van der Waals surface area contributed by atoms with Crippen LogP contribution in [0.5, 0.6) is 0 Å². The van der Waals surface area contributed by atoms with E-state index in [-0.39, 0.29) is 17.2 Å². The topological polar surface area (TPSA) is 66.5 Å². The quantitative estimate of drug-likeness (QED) is 0.508. The Bertz CT molecular complexity index is 765. The van der Waals surface area contributed by atoms with Gasteiger partial charge in [0.25, 0.3) is 0 Å². The maximum Gasteiger partial charge on any atom is 0.243 e. The summed E-state index contributed by atoms with van der Waals surface area (Å²) < 4.78 is 26.3. The van der Waals surface area contributed by atoms with Crippen molar-refractivity contribution in [3.8, 4) is 0 Å². The van der Waals surface area contributed by atoms with Gasteiger partial charge in [-0.2, -0.15) is 4.31 Å². The third-order valence-corrected chi connectivity index (χ3v) is 6.93. The minimum Gasteiger partial charge on any atom is -0.309 e. The van der Waals surface area contributed by atoms with Crippen molar-refractivity contribution in [3.63, 3.8) is 0 Å². The van der Waals surface area contributed by atoms with Crippen molar-refractivity contribution >= 4 is 27.1 Å². The smallest absolute Gasteiger partial charge is 0.243 e. The van der Waals surface area contributed by atoms with Crippen LogP contribution in [0.3, 0.4) is 0 Å². The van der Waals surface area contributed by atoms with Crippen molar-refractivity contribution in [2.24, 2.45) is 0 Å². The van der Waals surface area contributed by atoms with E-state index < -0.39 is 10.0 Å². The first kappa shape index (κ1) is 19.8. The van der Waals surface area contributed by atoms with Gasteiger partial charge in [-0.05, 0) is 30.0 Å². The summed E-state index contributed by atoms with van der Waals surface area (Å²) in [7, 11) is -3.48. The van der Waals surface area contributed by atoms with Gasteiger partial charge in [0.05, 0.1) is 11.4 Å². The summed E-state index contributed by atoms with van der Waals surface area (Å²) in [6.45, 7) is 5.44. The molecular formula is C18H24N2O3S2. The van der Waals surface area contributed by atoms with E-state index >= 15 is 0 Å². The fourth-order valence-corrected chi connectivity index (χ4v) is 4.66. The molecule has 0 radical (unpaired) electrons. The van der Waals surface area contributed by atoms with Gasteiger partial charge in [0, 0.05) is 30.1 Å². The maximum atomic E-state index is 12.4. The van der Waals surface area contributed by atoms with Crippen LogP contribution in [0.1, 0.15) is 29.1 Å². The van der Waals surface area contributed by atoms with Crippen LogP contribution in [0.25, 0.3) is 0 Å². The molecule has 0 bridgehead atoms. The molecule has 0 aliphatic heterocycles. The SMILES string of the molecule is CCN(CC)S(=O)(=O)c1ccc(C(=O)CNCCc2cccs2)cc1. The molecule has 5 nitrogen and oxygen atoms in total. The summed E-state index contributed by atoms with van der Waals surface area (Å²) in [5.41, 5.74) is 0.516. The molecule has 0 aliphatic carbocycles. The number of hydrogen-bond acceptors (Lipinski definition) is 5. The van der Waals surface area contributed by atoms with Crippen LogP contribution in [0.2, 0.25) is 0 Å². The second-order valence-electron chi connectivity index (χ2n) is 5.54. The highest BCUT2D eigenvalue weighted by Gasteiger charge is 2.21. The van der Waals surface area contributed by atoms with Gasteiger partial charge in [0.15, 0.2) is 5.78 Å². The summed E-state index contributed by atoms with van der Waals surface area (Å²) in [5, 5.41) is 5.17. The van der Waals surface area contributed by atoms with E-state index in [1.165, 1.54) is 21.3 Å². The number of carbonyl (C=O) groups is 1. The molecule has 1 aromatic heterocycles. The lowest BCUT2D eigenvalue weighted by Crippen LogP contribution is -2.30. The Morgan fingerprint density at radius 1 is 1.12 bits per heavy atom. The minimum atomic E-state index is -3.48. The lowest BCUT2D eigenvalue weighted by atomic mass is 10.1. The molecule has 0 saturated heterocycles. The average Bonchev–Trinajstić information content (AvgIpc) is 3.13. The molecular weight excluding hydrogens is 356 g/mol. The molecule has 2 rings (SSSR count). The maximum absolute atomic E-state index is 12.4. The predicted molar refractivity (Wildman–Crippen MR) is 102 cm³/mol. The number of sulfonamides is 1. The van der Waals surface area contributed by atoms with Crippen LogP contribution in [-0.2, 0) is 16.4 Å². The molecule has 25 heavy (non-hydrogen) atoms. The summed E-state index contributed by atoms with van der Waals surface area (Å²) in [4.78, 5) is 13.7. The fourth-order valence-electron chi connectivity index (χ4n) is 2.50. The first-order valence-corrected chi connectivity index (χ1v) is 10.7. The lowest BCUT2D eigenvalue weighted by Gasteiger charge is -2.18. The van der Waals surface area contributed by atoms with Gasteiger partial charge in [-0.25, -0.2) is 8.42 Å². The Kier molecular flexibility index (Phi) is 7.31. The van der Waals surface area contributed by atoms with Crippen LogP contribution in [-0.4, -0.2) is 44.7 Å². The molecule has 0 fully saturated rings. The van der Waals surface area contributed by atoms with Crippen LogP contribution in [0.15, 0.2) is 46.7 Å². The molecule has 1 N–H and O–H groups in total. The highest BCUT2D eigenvalue weighted by molar-refractivity contribution is 7.89. The molecule has 1 heterocycles. The van der Waals surface area contributed by atoms with Gasteiger partial charge >= 0.3 is 0 Å². The first-order chi connectivity index (χ1) is 12.0. The third kappa shape index (κ3) is 5.22. The molecule has 1 aromatic carbocycles. The largest absolute Gasteiger partial charge is 0.309 e. The Balaban J connectivity index is 1.91. The molecule has 0 amide bonds. The molecule has 0 saturated carbocycles. The van der Waals surface area contributed by atoms with Crippen molar-refractivity contribution in [2.45, 2.75) is 25.2 Å². The monoisotopic (exact) mass is 380 g/mol. The second kappa shape index (κ2) is 9.24. The highest BCUT2D eigenvalue weighted by atomic mass is 32.2. The number of carbonyl (C=O) groups excluding carboxylic acids is 1. The van der Waals surface area contributed by atoms with Gasteiger partial charge in [-0.3, -0.25) is 4.79 Å². The Morgan fingerprint density at radius 2 is 1.80 bits per heavy atom. The lowest BCUT2D eigenvalue weighted by molar-refractivity contribution is 0.0991. The molecule has 0 aliphatic rings. The third-order valence-electron chi connectivity index (χ3n) is 3.93. The summed E-state index contributed by atoms with van der Waals surface area (Å²) >= 11 is 1.70. The fraction of sp³-hybridized carbons (Fsp3) is 0.389. The van der Waals surface area contributed by atoms with E-state index in [1.807, 2.05) is 11.4 Å².